The van der Waals surface area contributed by atoms with E-state index in [1.165, 1.54) is 0 Å². The van der Waals surface area contributed by atoms with Gasteiger partial charge in [0.25, 0.3) is 0 Å². The Balaban J connectivity index is 2.57. The summed E-state index contributed by atoms with van der Waals surface area (Å²) in [5.41, 5.74) is 0.756. The van der Waals surface area contributed by atoms with Crippen molar-refractivity contribution in [2.45, 2.75) is 19.1 Å². The number of halogens is 3. The Labute approximate surface area is 95.5 Å². The molecule has 3 nitrogen and oxygen atoms in total. The maximum absolute atomic E-state index is 12.8. The summed E-state index contributed by atoms with van der Waals surface area (Å²) in [4.78, 5) is 3.59. The zero-order chi connectivity index (χ0) is 12.5. The largest absolute Gasteiger partial charge is 0.449 e. The first-order valence-corrected chi connectivity index (χ1v) is 5.17. The summed E-state index contributed by atoms with van der Waals surface area (Å²) in [6, 6.07) is 6.44. The third-order valence-corrected chi connectivity index (χ3v) is 2.45. The standard InChI is InChI=1S/C11H11F3N2O/c12-11(13,14)10-15-8-4-1-2-5-9(8)16(10)6-3-7-17/h1-2,4-5,17H,3,6-7H2. The van der Waals surface area contributed by atoms with Crippen LogP contribution in [0.5, 0.6) is 0 Å². The lowest BCUT2D eigenvalue weighted by Crippen LogP contribution is -2.15. The molecule has 1 heterocycles. The number of aryl methyl sites for hydroxylation is 1. The highest BCUT2D eigenvalue weighted by Gasteiger charge is 2.37. The summed E-state index contributed by atoms with van der Waals surface area (Å²) in [7, 11) is 0. The Kier molecular flexibility index (Phi) is 3.06. The lowest BCUT2D eigenvalue weighted by Gasteiger charge is -2.10. The second-order valence-electron chi connectivity index (χ2n) is 3.65. The van der Waals surface area contributed by atoms with Gasteiger partial charge in [-0.15, -0.1) is 0 Å². The summed E-state index contributed by atoms with van der Waals surface area (Å²) in [5, 5.41) is 8.72. The number of aromatic nitrogens is 2. The highest BCUT2D eigenvalue weighted by atomic mass is 19.4. The topological polar surface area (TPSA) is 38.0 Å². The molecule has 92 valence electrons. The van der Waals surface area contributed by atoms with Gasteiger partial charge in [-0.1, -0.05) is 12.1 Å². The molecule has 0 amide bonds. The number of hydrogen-bond acceptors (Lipinski definition) is 2. The second kappa shape index (κ2) is 4.37. The van der Waals surface area contributed by atoms with Crippen LogP contribution in [0.1, 0.15) is 12.2 Å². The number of hydrogen-bond donors (Lipinski definition) is 1. The van der Waals surface area contributed by atoms with E-state index in [1.807, 2.05) is 0 Å². The smallest absolute Gasteiger partial charge is 0.396 e. The third-order valence-electron chi connectivity index (χ3n) is 2.45. The fraction of sp³-hybridized carbons (Fsp3) is 0.364. The molecule has 0 radical (unpaired) electrons. The van der Waals surface area contributed by atoms with E-state index in [0.29, 0.717) is 11.0 Å². The van der Waals surface area contributed by atoms with Crippen molar-refractivity contribution in [2.75, 3.05) is 6.61 Å². The van der Waals surface area contributed by atoms with Crippen LogP contribution in [0.15, 0.2) is 24.3 Å². The summed E-state index contributed by atoms with van der Waals surface area (Å²) in [6.45, 7) is -0.0460. The van der Waals surface area contributed by atoms with Crippen molar-refractivity contribution in [3.63, 3.8) is 0 Å². The van der Waals surface area contributed by atoms with Crippen LogP contribution >= 0.6 is 0 Å². The fourth-order valence-electron chi connectivity index (χ4n) is 1.75. The number of imidazole rings is 1. The number of aliphatic hydroxyl groups excluding tert-OH is 1. The molecule has 0 fully saturated rings. The number of alkyl halides is 3. The van der Waals surface area contributed by atoms with Crippen LogP contribution in [0, 0.1) is 0 Å². The van der Waals surface area contributed by atoms with Crippen LogP contribution < -0.4 is 0 Å². The van der Waals surface area contributed by atoms with Crippen LogP contribution in [0.3, 0.4) is 0 Å². The third kappa shape index (κ3) is 2.26. The number of benzene rings is 1. The lowest BCUT2D eigenvalue weighted by atomic mass is 10.3. The fourth-order valence-corrected chi connectivity index (χ4v) is 1.75. The normalized spacial score (nSPS) is 12.2. The Hall–Kier alpha value is -1.56. The minimum atomic E-state index is -4.48. The van der Waals surface area contributed by atoms with Crippen molar-refractivity contribution in [3.05, 3.63) is 30.1 Å². The van der Waals surface area contributed by atoms with Gasteiger partial charge in [-0.05, 0) is 18.6 Å². The van der Waals surface area contributed by atoms with Gasteiger partial charge in [-0.3, -0.25) is 0 Å². The molecule has 0 spiro atoms. The molecule has 0 aliphatic heterocycles. The van der Waals surface area contributed by atoms with Gasteiger partial charge in [-0.25, -0.2) is 4.98 Å². The first-order valence-electron chi connectivity index (χ1n) is 5.17. The van der Waals surface area contributed by atoms with Crippen LogP contribution in [-0.4, -0.2) is 21.3 Å². The van der Waals surface area contributed by atoms with E-state index in [-0.39, 0.29) is 19.6 Å². The molecule has 0 saturated heterocycles. The number of para-hydroxylation sites is 2. The van der Waals surface area contributed by atoms with Crippen molar-refractivity contribution in [3.8, 4) is 0 Å². The monoisotopic (exact) mass is 244 g/mol. The molecule has 1 N–H and O–H groups in total. The molecular formula is C11H11F3N2O. The Morgan fingerprint density at radius 1 is 1.24 bits per heavy atom. The average Bonchev–Trinajstić information content (AvgIpc) is 2.65. The molecule has 0 bridgehead atoms. The molecule has 0 saturated carbocycles. The van der Waals surface area contributed by atoms with Gasteiger partial charge >= 0.3 is 6.18 Å². The molecule has 2 rings (SSSR count). The highest BCUT2D eigenvalue weighted by Crippen LogP contribution is 2.31. The Bertz CT molecular complexity index is 519. The zero-order valence-electron chi connectivity index (χ0n) is 8.91. The van der Waals surface area contributed by atoms with Crippen molar-refractivity contribution in [2.24, 2.45) is 0 Å². The Morgan fingerprint density at radius 2 is 1.94 bits per heavy atom. The van der Waals surface area contributed by atoms with E-state index in [9.17, 15) is 13.2 Å². The minimum Gasteiger partial charge on any atom is -0.396 e. The van der Waals surface area contributed by atoms with E-state index in [2.05, 4.69) is 4.98 Å². The van der Waals surface area contributed by atoms with E-state index in [0.717, 1.165) is 4.57 Å². The first-order chi connectivity index (χ1) is 8.04. The molecule has 2 aromatic rings. The van der Waals surface area contributed by atoms with Gasteiger partial charge in [0.15, 0.2) is 0 Å². The molecular weight excluding hydrogens is 233 g/mol. The van der Waals surface area contributed by atoms with Gasteiger partial charge < -0.3 is 9.67 Å². The van der Waals surface area contributed by atoms with Crippen molar-refractivity contribution < 1.29 is 18.3 Å². The zero-order valence-corrected chi connectivity index (χ0v) is 8.91. The molecule has 0 aliphatic carbocycles. The number of aliphatic hydroxyl groups is 1. The summed E-state index contributed by atoms with van der Waals surface area (Å²) in [6.07, 6.45) is -4.21. The van der Waals surface area contributed by atoms with Gasteiger partial charge in [0.1, 0.15) is 0 Å². The van der Waals surface area contributed by atoms with E-state index in [1.54, 1.807) is 24.3 Å². The van der Waals surface area contributed by atoms with Crippen molar-refractivity contribution in [1.29, 1.82) is 0 Å². The summed E-state index contributed by atoms with van der Waals surface area (Å²) in [5.74, 6) is -0.910. The molecule has 0 unspecified atom stereocenters. The van der Waals surface area contributed by atoms with Crippen molar-refractivity contribution >= 4 is 11.0 Å². The van der Waals surface area contributed by atoms with Crippen LogP contribution in [-0.2, 0) is 12.7 Å². The number of fused-ring (bicyclic) bond motifs is 1. The molecule has 6 heteroatoms. The second-order valence-corrected chi connectivity index (χ2v) is 3.65. The van der Waals surface area contributed by atoms with Crippen LogP contribution in [0.4, 0.5) is 13.2 Å². The first kappa shape index (κ1) is 11.9. The molecule has 17 heavy (non-hydrogen) atoms. The molecule has 0 aliphatic rings. The summed E-state index contributed by atoms with van der Waals surface area (Å²) >= 11 is 0. The van der Waals surface area contributed by atoms with E-state index < -0.39 is 12.0 Å². The quantitative estimate of drug-likeness (QED) is 0.900. The molecule has 1 aromatic carbocycles. The average molecular weight is 244 g/mol. The van der Waals surface area contributed by atoms with Crippen LogP contribution in [0.25, 0.3) is 11.0 Å². The minimum absolute atomic E-state index is 0.103. The predicted octanol–water partition coefficient (Wildman–Crippen LogP) is 2.44. The lowest BCUT2D eigenvalue weighted by molar-refractivity contribution is -0.147. The molecule has 0 atom stereocenters. The van der Waals surface area contributed by atoms with Gasteiger partial charge in [0, 0.05) is 13.2 Å². The Morgan fingerprint density at radius 3 is 2.59 bits per heavy atom. The van der Waals surface area contributed by atoms with Gasteiger partial charge in [-0.2, -0.15) is 13.2 Å². The predicted molar refractivity (Wildman–Crippen MR) is 56.4 cm³/mol. The van der Waals surface area contributed by atoms with Crippen molar-refractivity contribution in [1.82, 2.24) is 9.55 Å². The maximum atomic E-state index is 12.8. The SMILES string of the molecule is OCCCn1c(C(F)(F)F)nc2ccccc21. The number of rotatable bonds is 3. The highest BCUT2D eigenvalue weighted by molar-refractivity contribution is 5.76. The van der Waals surface area contributed by atoms with Gasteiger partial charge in [0.05, 0.1) is 11.0 Å². The van der Waals surface area contributed by atoms with E-state index in [4.69, 9.17) is 5.11 Å². The molecule has 1 aromatic heterocycles. The maximum Gasteiger partial charge on any atom is 0.449 e. The summed E-state index contributed by atoms with van der Waals surface area (Å²) < 4.78 is 39.4. The van der Waals surface area contributed by atoms with E-state index >= 15 is 0 Å². The van der Waals surface area contributed by atoms with Crippen LogP contribution in [0.2, 0.25) is 0 Å². The van der Waals surface area contributed by atoms with Gasteiger partial charge in [0.2, 0.25) is 5.82 Å². The number of nitrogens with zero attached hydrogens (tertiary/aromatic N) is 2.